The number of H-pyrrole nitrogens is 1. The molecule has 0 fully saturated rings. The fraction of sp³-hybridized carbons (Fsp3) is 0.211. The Bertz CT molecular complexity index is 775. The molecule has 0 saturated heterocycles. The number of hydrogen-bond acceptors (Lipinski definition) is 2. The van der Waals surface area contributed by atoms with E-state index in [2.05, 4.69) is 47.3 Å². The minimum atomic E-state index is -0.245. The molecule has 0 amide bonds. The van der Waals surface area contributed by atoms with Crippen molar-refractivity contribution in [2.75, 3.05) is 0 Å². The highest BCUT2D eigenvalue weighted by Crippen LogP contribution is 2.23. The number of rotatable bonds is 5. The Morgan fingerprint density at radius 2 is 1.87 bits per heavy atom. The van der Waals surface area contributed by atoms with Crippen LogP contribution in [0, 0.1) is 5.82 Å². The molecule has 0 atom stereocenters. The van der Waals surface area contributed by atoms with Crippen molar-refractivity contribution in [1.29, 1.82) is 0 Å². The van der Waals surface area contributed by atoms with Gasteiger partial charge in [0.2, 0.25) is 0 Å². The van der Waals surface area contributed by atoms with E-state index in [-0.39, 0.29) is 5.82 Å². The first-order valence-corrected chi connectivity index (χ1v) is 7.75. The van der Waals surface area contributed by atoms with Crippen molar-refractivity contribution in [3.8, 4) is 22.6 Å². The minimum absolute atomic E-state index is 0.245. The minimum Gasteiger partial charge on any atom is -0.338 e. The molecule has 118 valence electrons. The number of halogens is 1. The second-order valence-corrected chi connectivity index (χ2v) is 5.89. The second-order valence-electron chi connectivity index (χ2n) is 5.89. The van der Waals surface area contributed by atoms with E-state index in [4.69, 9.17) is 0 Å². The second kappa shape index (κ2) is 6.75. The smallest absolute Gasteiger partial charge is 0.137 e. The molecule has 0 radical (unpaired) electrons. The van der Waals surface area contributed by atoms with Crippen molar-refractivity contribution < 1.29 is 4.39 Å². The fourth-order valence-electron chi connectivity index (χ4n) is 2.39. The molecule has 0 bridgehead atoms. The third-order valence-electron chi connectivity index (χ3n) is 3.65. The standard InChI is InChI=1S/C19H20FN3/c1-13(2)21-11-14-4-3-5-16(10-14)18-12-22-19(23-18)15-6-8-17(20)9-7-15/h3-10,12-13,21H,11H2,1-2H3,(H,22,23). The Morgan fingerprint density at radius 1 is 1.09 bits per heavy atom. The number of aromatic amines is 1. The maximum Gasteiger partial charge on any atom is 0.137 e. The van der Waals surface area contributed by atoms with Gasteiger partial charge in [0.1, 0.15) is 11.6 Å². The van der Waals surface area contributed by atoms with Crippen LogP contribution in [0.5, 0.6) is 0 Å². The lowest BCUT2D eigenvalue weighted by atomic mass is 10.1. The molecule has 0 aliphatic carbocycles. The van der Waals surface area contributed by atoms with Crippen molar-refractivity contribution in [3.05, 3.63) is 66.1 Å². The molecule has 0 spiro atoms. The molecule has 3 nitrogen and oxygen atoms in total. The third kappa shape index (κ3) is 3.85. The summed E-state index contributed by atoms with van der Waals surface area (Å²) in [6.45, 7) is 5.10. The van der Waals surface area contributed by atoms with Gasteiger partial charge in [-0.1, -0.05) is 32.0 Å². The van der Waals surface area contributed by atoms with E-state index in [1.54, 1.807) is 12.1 Å². The molecule has 23 heavy (non-hydrogen) atoms. The predicted octanol–water partition coefficient (Wildman–Crippen LogP) is 4.38. The maximum absolute atomic E-state index is 13.0. The molecule has 0 aliphatic rings. The SMILES string of the molecule is CC(C)NCc1cccc(-c2cnc(-c3ccc(F)cc3)[nH]2)c1. The van der Waals surface area contributed by atoms with Crippen LogP contribution in [0.2, 0.25) is 0 Å². The van der Waals surface area contributed by atoms with Gasteiger partial charge in [-0.2, -0.15) is 0 Å². The van der Waals surface area contributed by atoms with E-state index in [0.29, 0.717) is 6.04 Å². The lowest BCUT2D eigenvalue weighted by molar-refractivity contribution is 0.589. The predicted molar refractivity (Wildman–Crippen MR) is 91.4 cm³/mol. The molecule has 4 heteroatoms. The third-order valence-corrected chi connectivity index (χ3v) is 3.65. The first-order valence-electron chi connectivity index (χ1n) is 7.75. The summed E-state index contributed by atoms with van der Waals surface area (Å²) < 4.78 is 13.0. The normalized spacial score (nSPS) is 11.1. The summed E-state index contributed by atoms with van der Waals surface area (Å²) >= 11 is 0. The van der Waals surface area contributed by atoms with E-state index in [9.17, 15) is 4.39 Å². The molecule has 3 rings (SSSR count). The van der Waals surface area contributed by atoms with Crippen LogP contribution < -0.4 is 5.32 Å². The van der Waals surface area contributed by atoms with Crippen molar-refractivity contribution >= 4 is 0 Å². The maximum atomic E-state index is 13.0. The summed E-state index contributed by atoms with van der Waals surface area (Å²) in [7, 11) is 0. The van der Waals surface area contributed by atoms with Crippen LogP contribution in [-0.2, 0) is 6.54 Å². The zero-order chi connectivity index (χ0) is 16.2. The summed E-state index contributed by atoms with van der Waals surface area (Å²) in [5, 5.41) is 3.42. The Labute approximate surface area is 135 Å². The highest BCUT2D eigenvalue weighted by molar-refractivity contribution is 5.64. The highest BCUT2D eigenvalue weighted by Gasteiger charge is 2.06. The van der Waals surface area contributed by atoms with Crippen LogP contribution in [0.4, 0.5) is 4.39 Å². The molecule has 0 unspecified atom stereocenters. The van der Waals surface area contributed by atoms with Gasteiger partial charge in [0.25, 0.3) is 0 Å². The number of hydrogen-bond donors (Lipinski definition) is 2. The molecule has 2 aromatic carbocycles. The average molecular weight is 309 g/mol. The zero-order valence-electron chi connectivity index (χ0n) is 13.3. The number of benzene rings is 2. The lowest BCUT2D eigenvalue weighted by Gasteiger charge is -2.09. The average Bonchev–Trinajstić information content (AvgIpc) is 3.04. The molecule has 3 aromatic rings. The summed E-state index contributed by atoms with van der Waals surface area (Å²) in [5.41, 5.74) is 4.15. The summed E-state index contributed by atoms with van der Waals surface area (Å²) in [6, 6.07) is 15.1. The van der Waals surface area contributed by atoms with Crippen LogP contribution in [-0.4, -0.2) is 16.0 Å². The Kier molecular flexibility index (Phi) is 4.53. The number of aromatic nitrogens is 2. The van der Waals surface area contributed by atoms with Gasteiger partial charge in [-0.25, -0.2) is 9.37 Å². The van der Waals surface area contributed by atoms with Crippen LogP contribution in [0.15, 0.2) is 54.7 Å². The Morgan fingerprint density at radius 3 is 2.61 bits per heavy atom. The van der Waals surface area contributed by atoms with Gasteiger partial charge in [0.15, 0.2) is 0 Å². The van der Waals surface area contributed by atoms with Crippen LogP contribution in [0.25, 0.3) is 22.6 Å². The summed E-state index contributed by atoms with van der Waals surface area (Å²) in [4.78, 5) is 7.71. The van der Waals surface area contributed by atoms with E-state index < -0.39 is 0 Å². The van der Waals surface area contributed by atoms with Crippen LogP contribution >= 0.6 is 0 Å². The Hall–Kier alpha value is -2.46. The van der Waals surface area contributed by atoms with E-state index in [0.717, 1.165) is 29.2 Å². The molecule has 1 heterocycles. The topological polar surface area (TPSA) is 40.7 Å². The van der Waals surface area contributed by atoms with Crippen molar-refractivity contribution in [1.82, 2.24) is 15.3 Å². The van der Waals surface area contributed by atoms with Gasteiger partial charge in [0.05, 0.1) is 11.9 Å². The molecular formula is C19H20FN3. The largest absolute Gasteiger partial charge is 0.338 e. The number of imidazole rings is 1. The fourth-order valence-corrected chi connectivity index (χ4v) is 2.39. The van der Waals surface area contributed by atoms with Crippen LogP contribution in [0.1, 0.15) is 19.4 Å². The first-order chi connectivity index (χ1) is 11.1. The first kappa shape index (κ1) is 15.4. The van der Waals surface area contributed by atoms with Gasteiger partial charge in [0, 0.05) is 18.2 Å². The number of nitrogens with one attached hydrogen (secondary N) is 2. The molecule has 2 N–H and O–H groups in total. The van der Waals surface area contributed by atoms with Gasteiger partial charge in [-0.15, -0.1) is 0 Å². The zero-order valence-corrected chi connectivity index (χ0v) is 13.3. The van der Waals surface area contributed by atoms with Gasteiger partial charge in [-0.3, -0.25) is 0 Å². The molecule has 0 saturated carbocycles. The van der Waals surface area contributed by atoms with Gasteiger partial charge < -0.3 is 10.3 Å². The lowest BCUT2D eigenvalue weighted by Crippen LogP contribution is -2.21. The highest BCUT2D eigenvalue weighted by atomic mass is 19.1. The molecule has 1 aromatic heterocycles. The number of nitrogens with zero attached hydrogens (tertiary/aromatic N) is 1. The Balaban J connectivity index is 1.82. The van der Waals surface area contributed by atoms with Crippen molar-refractivity contribution in [2.24, 2.45) is 0 Å². The van der Waals surface area contributed by atoms with E-state index in [1.165, 1.54) is 17.7 Å². The van der Waals surface area contributed by atoms with Crippen molar-refractivity contribution in [2.45, 2.75) is 26.4 Å². The summed E-state index contributed by atoms with van der Waals surface area (Å²) in [6.07, 6.45) is 1.81. The van der Waals surface area contributed by atoms with E-state index in [1.807, 2.05) is 12.3 Å². The monoisotopic (exact) mass is 309 g/mol. The van der Waals surface area contributed by atoms with Crippen LogP contribution in [0.3, 0.4) is 0 Å². The van der Waals surface area contributed by atoms with E-state index >= 15 is 0 Å². The van der Waals surface area contributed by atoms with Gasteiger partial charge >= 0.3 is 0 Å². The van der Waals surface area contributed by atoms with Crippen molar-refractivity contribution in [3.63, 3.8) is 0 Å². The summed E-state index contributed by atoms with van der Waals surface area (Å²) in [5.74, 6) is 0.497. The van der Waals surface area contributed by atoms with Gasteiger partial charge in [-0.05, 0) is 41.5 Å². The molecular weight excluding hydrogens is 289 g/mol. The quantitative estimate of drug-likeness (QED) is 0.734. The molecule has 0 aliphatic heterocycles.